The van der Waals surface area contributed by atoms with Gasteiger partial charge >= 0.3 is 11.9 Å². The van der Waals surface area contributed by atoms with Crippen LogP contribution in [0.1, 0.15) is 113 Å². The van der Waals surface area contributed by atoms with Crippen molar-refractivity contribution in [2.24, 2.45) is 56.7 Å². The van der Waals surface area contributed by atoms with Crippen molar-refractivity contribution in [1.82, 2.24) is 0 Å². The standard InChI is InChI=1S/C36H54O5/c1-22(2)24-14-19-36(28(38)12-13-30(39)40-9)21-20-34(7)25(31(24)36)10-11-27-33(6)17-16-29(41-23(3)37)32(4,5)26(33)15-18-35(27,34)8/h24-29,31,38H,1,10-11,14-21H2,2-9H3/t24-,25+,26-,27+,28?,29-,31+,33-,34+,35+,36+/m0/s1. The van der Waals surface area contributed by atoms with Gasteiger partial charge in [0.25, 0.3) is 0 Å². The highest BCUT2D eigenvalue weighted by atomic mass is 16.5. The van der Waals surface area contributed by atoms with Gasteiger partial charge in [-0.3, -0.25) is 4.79 Å². The second kappa shape index (κ2) is 10.1. The van der Waals surface area contributed by atoms with E-state index in [2.05, 4.69) is 60.0 Å². The van der Waals surface area contributed by atoms with Gasteiger partial charge in [0.15, 0.2) is 0 Å². The zero-order chi connectivity index (χ0) is 30.2. The van der Waals surface area contributed by atoms with Gasteiger partial charge < -0.3 is 14.6 Å². The molecule has 0 aliphatic heterocycles. The van der Waals surface area contributed by atoms with Crippen LogP contribution in [0.4, 0.5) is 0 Å². The summed E-state index contributed by atoms with van der Waals surface area (Å²) in [7, 11) is 1.33. The predicted octanol–water partition coefficient (Wildman–Crippen LogP) is 7.11. The van der Waals surface area contributed by atoms with Crippen molar-refractivity contribution in [3.63, 3.8) is 0 Å². The number of hydrogen-bond donors (Lipinski definition) is 1. The van der Waals surface area contributed by atoms with Crippen LogP contribution in [0.15, 0.2) is 12.2 Å². The molecule has 0 amide bonds. The average Bonchev–Trinajstić information content (AvgIpc) is 3.30. The van der Waals surface area contributed by atoms with Crippen molar-refractivity contribution in [3.8, 4) is 11.8 Å². The van der Waals surface area contributed by atoms with Crippen molar-refractivity contribution >= 4 is 11.9 Å². The average molecular weight is 567 g/mol. The van der Waals surface area contributed by atoms with Gasteiger partial charge in [-0.05, 0) is 117 Å². The summed E-state index contributed by atoms with van der Waals surface area (Å²) < 4.78 is 10.7. The molecule has 5 aliphatic carbocycles. The molecule has 0 saturated heterocycles. The third-order valence-electron chi connectivity index (χ3n) is 14.4. The Morgan fingerprint density at radius 1 is 0.878 bits per heavy atom. The molecule has 0 spiro atoms. The van der Waals surface area contributed by atoms with Crippen LogP contribution in [0, 0.1) is 68.5 Å². The molecule has 0 bridgehead atoms. The SMILES string of the molecule is C=C(C)[C@@H]1CC[C@]2(C(O)C#CC(=O)OC)CC[C@]3(C)[C@H](CC[C@@H]4[C@@]5(C)CC[C@H](OC(C)=O)C(C)(C)[C@@H]5CC[C@]43C)[C@@H]12. The number of hydrogen-bond acceptors (Lipinski definition) is 5. The topological polar surface area (TPSA) is 72.8 Å². The Labute approximate surface area is 248 Å². The molecule has 0 aromatic carbocycles. The normalized spacial score (nSPS) is 46.8. The third-order valence-corrected chi connectivity index (χ3v) is 14.4. The fraction of sp³-hybridized carbons (Fsp3) is 0.833. The molecule has 5 aliphatic rings. The maximum Gasteiger partial charge on any atom is 0.384 e. The fourth-order valence-electron chi connectivity index (χ4n) is 12.4. The molecule has 5 heteroatoms. The van der Waals surface area contributed by atoms with Gasteiger partial charge in [-0.2, -0.15) is 0 Å². The molecular formula is C36H54O5. The highest BCUT2D eigenvalue weighted by molar-refractivity contribution is 5.88. The van der Waals surface area contributed by atoms with Crippen molar-refractivity contribution in [3.05, 3.63) is 12.2 Å². The predicted molar refractivity (Wildman–Crippen MR) is 160 cm³/mol. The minimum absolute atomic E-state index is 0.00736. The lowest BCUT2D eigenvalue weighted by Gasteiger charge is -2.73. The number of aliphatic hydroxyl groups excluding tert-OH is 1. The van der Waals surface area contributed by atoms with E-state index in [1.54, 1.807) is 6.92 Å². The van der Waals surface area contributed by atoms with Crippen LogP contribution in [-0.2, 0) is 19.1 Å². The molecule has 0 aromatic rings. The van der Waals surface area contributed by atoms with Crippen molar-refractivity contribution in [2.75, 3.05) is 7.11 Å². The molecular weight excluding hydrogens is 512 g/mol. The molecule has 5 nitrogen and oxygen atoms in total. The van der Waals surface area contributed by atoms with Crippen LogP contribution >= 0.6 is 0 Å². The van der Waals surface area contributed by atoms with Gasteiger partial charge in [0.05, 0.1) is 7.11 Å². The summed E-state index contributed by atoms with van der Waals surface area (Å²) in [5.74, 6) is 7.08. The Kier molecular flexibility index (Phi) is 7.58. The van der Waals surface area contributed by atoms with Crippen molar-refractivity contribution < 1.29 is 24.2 Å². The maximum absolute atomic E-state index is 12.0. The Morgan fingerprint density at radius 2 is 1.59 bits per heavy atom. The lowest BCUT2D eigenvalue weighted by Crippen LogP contribution is -2.67. The molecule has 0 aromatic heterocycles. The summed E-state index contributed by atoms with van der Waals surface area (Å²) in [5, 5.41) is 11.6. The molecule has 5 rings (SSSR count). The third kappa shape index (κ3) is 4.28. The van der Waals surface area contributed by atoms with Gasteiger partial charge in [-0.15, -0.1) is 0 Å². The van der Waals surface area contributed by atoms with E-state index in [-0.39, 0.29) is 39.1 Å². The second-order valence-electron chi connectivity index (χ2n) is 16.0. The van der Waals surface area contributed by atoms with E-state index in [1.165, 1.54) is 38.4 Å². The van der Waals surface area contributed by atoms with Crippen LogP contribution < -0.4 is 0 Å². The number of rotatable bonds is 3. The molecule has 5 fully saturated rings. The molecule has 11 atom stereocenters. The van der Waals surface area contributed by atoms with Gasteiger partial charge in [0, 0.05) is 23.7 Å². The van der Waals surface area contributed by atoms with Gasteiger partial charge in [-0.25, -0.2) is 4.79 Å². The largest absolute Gasteiger partial charge is 0.462 e. The Hall–Kier alpha value is -1.80. The number of carbonyl (C=O) groups excluding carboxylic acids is 2. The second-order valence-corrected chi connectivity index (χ2v) is 16.0. The molecule has 228 valence electrons. The Balaban J connectivity index is 1.51. The van der Waals surface area contributed by atoms with E-state index in [4.69, 9.17) is 9.47 Å². The van der Waals surface area contributed by atoms with E-state index in [1.807, 2.05) is 0 Å². The number of carbonyl (C=O) groups is 2. The summed E-state index contributed by atoms with van der Waals surface area (Å²) in [6.07, 6.45) is 9.95. The summed E-state index contributed by atoms with van der Waals surface area (Å²) in [4.78, 5) is 23.8. The van der Waals surface area contributed by atoms with Gasteiger partial charge in [-0.1, -0.05) is 52.7 Å². The number of esters is 2. The first-order chi connectivity index (χ1) is 19.1. The molecule has 41 heavy (non-hydrogen) atoms. The number of ether oxygens (including phenoxy) is 2. The molecule has 1 unspecified atom stereocenters. The van der Waals surface area contributed by atoms with Crippen molar-refractivity contribution in [1.29, 1.82) is 0 Å². The highest BCUT2D eigenvalue weighted by Crippen LogP contribution is 2.77. The minimum Gasteiger partial charge on any atom is -0.462 e. The summed E-state index contributed by atoms with van der Waals surface area (Å²) in [6.45, 7) is 20.6. The number of aliphatic hydroxyl groups is 1. The van der Waals surface area contributed by atoms with E-state index < -0.39 is 12.1 Å². The first kappa shape index (κ1) is 30.7. The van der Waals surface area contributed by atoms with Crippen LogP contribution in [0.5, 0.6) is 0 Å². The van der Waals surface area contributed by atoms with E-state index in [0.29, 0.717) is 29.6 Å². The smallest absolute Gasteiger partial charge is 0.384 e. The van der Waals surface area contributed by atoms with Gasteiger partial charge in [0.1, 0.15) is 12.2 Å². The Bertz CT molecular complexity index is 1160. The van der Waals surface area contributed by atoms with Crippen LogP contribution in [0.3, 0.4) is 0 Å². The highest BCUT2D eigenvalue weighted by Gasteiger charge is 2.71. The Morgan fingerprint density at radius 3 is 2.22 bits per heavy atom. The molecule has 1 N–H and O–H groups in total. The molecule has 0 radical (unpaired) electrons. The molecule has 0 heterocycles. The van der Waals surface area contributed by atoms with E-state index >= 15 is 0 Å². The number of fused-ring (bicyclic) bond motifs is 7. The van der Waals surface area contributed by atoms with E-state index in [9.17, 15) is 14.7 Å². The maximum atomic E-state index is 12.0. The fourth-order valence-corrected chi connectivity index (χ4v) is 12.4. The quantitative estimate of drug-likeness (QED) is 0.171. The monoisotopic (exact) mass is 566 g/mol. The number of allylic oxidation sites excluding steroid dienone is 1. The zero-order valence-corrected chi connectivity index (χ0v) is 26.9. The van der Waals surface area contributed by atoms with Crippen LogP contribution in [0.25, 0.3) is 0 Å². The van der Waals surface area contributed by atoms with Crippen LogP contribution in [-0.4, -0.2) is 36.4 Å². The van der Waals surface area contributed by atoms with Gasteiger partial charge in [0.2, 0.25) is 0 Å². The summed E-state index contributed by atoms with van der Waals surface area (Å²) in [6, 6.07) is 0. The summed E-state index contributed by atoms with van der Waals surface area (Å²) in [5.41, 5.74) is 1.44. The number of methoxy groups -OCH3 is 1. The van der Waals surface area contributed by atoms with E-state index in [0.717, 1.165) is 38.5 Å². The zero-order valence-electron chi connectivity index (χ0n) is 26.9. The molecule has 5 saturated carbocycles. The first-order valence-corrected chi connectivity index (χ1v) is 16.2. The van der Waals surface area contributed by atoms with Crippen LogP contribution in [0.2, 0.25) is 0 Å². The lowest BCUT2D eigenvalue weighted by molar-refractivity contribution is -0.253. The minimum atomic E-state index is -0.836. The van der Waals surface area contributed by atoms with Crippen molar-refractivity contribution in [2.45, 2.75) is 125 Å². The lowest BCUT2D eigenvalue weighted by atomic mass is 9.32. The summed E-state index contributed by atoms with van der Waals surface area (Å²) >= 11 is 0. The first-order valence-electron chi connectivity index (χ1n) is 16.2.